The summed E-state index contributed by atoms with van der Waals surface area (Å²) < 4.78 is 5.33. The molecule has 3 N–H and O–H groups in total. The molecule has 4 nitrogen and oxygen atoms in total. The molecule has 0 fully saturated rings. The Hall–Kier alpha value is -1.76. The molecule has 0 saturated carbocycles. The van der Waals surface area contributed by atoms with Crippen LogP contribution < -0.4 is 15.8 Å². The van der Waals surface area contributed by atoms with Crippen LogP contribution in [0.3, 0.4) is 0 Å². The lowest BCUT2D eigenvalue weighted by Crippen LogP contribution is -2.22. The van der Waals surface area contributed by atoms with Gasteiger partial charge in [0.25, 0.3) is 0 Å². The van der Waals surface area contributed by atoms with E-state index in [-0.39, 0.29) is 24.0 Å². The molecule has 0 heterocycles. The van der Waals surface area contributed by atoms with Gasteiger partial charge in [0.1, 0.15) is 5.75 Å². The molecule has 2 rings (SSSR count). The van der Waals surface area contributed by atoms with Crippen molar-refractivity contribution in [2.24, 2.45) is 10.7 Å². The van der Waals surface area contributed by atoms with E-state index in [1.807, 2.05) is 37.3 Å². The van der Waals surface area contributed by atoms with Crippen LogP contribution in [-0.2, 0) is 6.54 Å². The van der Waals surface area contributed by atoms with Crippen molar-refractivity contribution in [3.05, 3.63) is 59.2 Å². The lowest BCUT2D eigenvalue weighted by atomic mass is 10.0. The number of methoxy groups -OCH3 is 1. The van der Waals surface area contributed by atoms with E-state index >= 15 is 0 Å². The van der Waals surface area contributed by atoms with E-state index in [1.165, 1.54) is 5.56 Å². The first-order valence-corrected chi connectivity index (χ1v) is 7.80. The molecule has 130 valence electrons. The second-order valence-corrected chi connectivity index (χ2v) is 5.91. The fourth-order valence-electron chi connectivity index (χ4n) is 2.30. The van der Waals surface area contributed by atoms with Gasteiger partial charge in [0.15, 0.2) is 5.96 Å². The summed E-state index contributed by atoms with van der Waals surface area (Å²) in [6.07, 6.45) is 0. The zero-order valence-corrected chi connectivity index (χ0v) is 17.0. The predicted molar refractivity (Wildman–Crippen MR) is 113 cm³/mol. The van der Waals surface area contributed by atoms with Gasteiger partial charge in [0, 0.05) is 5.69 Å². The molecule has 0 bridgehead atoms. The van der Waals surface area contributed by atoms with Gasteiger partial charge in [0.2, 0.25) is 0 Å². The minimum Gasteiger partial charge on any atom is -0.496 e. The highest BCUT2D eigenvalue weighted by atomic mass is 127. The van der Waals surface area contributed by atoms with Crippen molar-refractivity contribution >= 4 is 35.6 Å². The number of ether oxygens (including phenoxy) is 1. The fourth-order valence-corrected chi connectivity index (χ4v) is 2.30. The van der Waals surface area contributed by atoms with Gasteiger partial charge < -0.3 is 15.8 Å². The minimum atomic E-state index is 0. The molecule has 2 aromatic rings. The highest BCUT2D eigenvalue weighted by Gasteiger charge is 2.02. The molecule has 2 aromatic carbocycles. The molecule has 5 heteroatoms. The van der Waals surface area contributed by atoms with Crippen LogP contribution in [0.25, 0.3) is 0 Å². The largest absolute Gasteiger partial charge is 0.496 e. The number of anilines is 1. The zero-order chi connectivity index (χ0) is 16.8. The average molecular weight is 439 g/mol. The molecule has 0 aliphatic rings. The minimum absolute atomic E-state index is 0. The van der Waals surface area contributed by atoms with Crippen LogP contribution in [0.5, 0.6) is 5.75 Å². The quantitative estimate of drug-likeness (QED) is 0.405. The van der Waals surface area contributed by atoms with Crippen molar-refractivity contribution in [1.82, 2.24) is 0 Å². The number of aryl methyl sites for hydroxylation is 1. The monoisotopic (exact) mass is 439 g/mol. The summed E-state index contributed by atoms with van der Waals surface area (Å²) >= 11 is 0. The van der Waals surface area contributed by atoms with E-state index < -0.39 is 0 Å². The first-order chi connectivity index (χ1) is 11.0. The van der Waals surface area contributed by atoms with Gasteiger partial charge in [-0.3, -0.25) is 0 Å². The van der Waals surface area contributed by atoms with Crippen molar-refractivity contribution < 1.29 is 4.74 Å². The van der Waals surface area contributed by atoms with Crippen LogP contribution >= 0.6 is 24.0 Å². The van der Waals surface area contributed by atoms with Crippen molar-refractivity contribution in [1.29, 1.82) is 0 Å². The topological polar surface area (TPSA) is 59.6 Å². The molecule has 0 aliphatic heterocycles. The molecule has 0 radical (unpaired) electrons. The Labute approximate surface area is 161 Å². The number of halogens is 1. The molecule has 0 saturated heterocycles. The molecule has 0 atom stereocenters. The normalized spacial score (nSPS) is 11.1. The lowest BCUT2D eigenvalue weighted by molar-refractivity contribution is 0.411. The maximum Gasteiger partial charge on any atom is 0.193 e. The number of nitrogens with one attached hydrogen (secondary N) is 1. The Kier molecular flexibility index (Phi) is 8.04. The Morgan fingerprint density at radius 1 is 1.21 bits per heavy atom. The van der Waals surface area contributed by atoms with Crippen LogP contribution in [0, 0.1) is 6.92 Å². The number of guanidine groups is 1. The number of hydrogen-bond acceptors (Lipinski definition) is 2. The number of nitrogens with two attached hydrogens (primary N) is 1. The van der Waals surface area contributed by atoms with Crippen LogP contribution in [0.2, 0.25) is 0 Å². The number of nitrogens with zero attached hydrogens (tertiary/aromatic N) is 1. The molecule has 24 heavy (non-hydrogen) atoms. The summed E-state index contributed by atoms with van der Waals surface area (Å²) in [5.41, 5.74) is 10.4. The van der Waals surface area contributed by atoms with Gasteiger partial charge in [-0.25, -0.2) is 4.99 Å². The fraction of sp³-hybridized carbons (Fsp3) is 0.316. The summed E-state index contributed by atoms with van der Waals surface area (Å²) in [4.78, 5) is 4.40. The van der Waals surface area contributed by atoms with E-state index in [9.17, 15) is 0 Å². The van der Waals surface area contributed by atoms with Gasteiger partial charge in [-0.05, 0) is 47.7 Å². The van der Waals surface area contributed by atoms with Gasteiger partial charge in [0.05, 0.1) is 13.7 Å². The third kappa shape index (κ3) is 5.70. The third-order valence-corrected chi connectivity index (χ3v) is 3.73. The van der Waals surface area contributed by atoms with Crippen molar-refractivity contribution in [2.75, 3.05) is 12.4 Å². The van der Waals surface area contributed by atoms with Gasteiger partial charge in [-0.2, -0.15) is 0 Å². The highest BCUT2D eigenvalue weighted by molar-refractivity contribution is 14.0. The number of aliphatic imine (C=N–C) groups is 1. The Morgan fingerprint density at radius 2 is 1.96 bits per heavy atom. The first-order valence-electron chi connectivity index (χ1n) is 7.80. The smallest absolute Gasteiger partial charge is 0.193 e. The van der Waals surface area contributed by atoms with E-state index in [1.54, 1.807) is 7.11 Å². The SMILES string of the molecule is COc1cc(CN=C(N)Nc2cccc(C(C)C)c2)ccc1C.I. The molecule has 0 unspecified atom stereocenters. The maximum absolute atomic E-state index is 5.99. The molecule has 0 aliphatic carbocycles. The van der Waals surface area contributed by atoms with Crippen molar-refractivity contribution in [3.8, 4) is 5.75 Å². The molecular weight excluding hydrogens is 413 g/mol. The molecular formula is C19H26IN3O. The summed E-state index contributed by atoms with van der Waals surface area (Å²) in [5.74, 6) is 1.76. The average Bonchev–Trinajstić information content (AvgIpc) is 2.54. The second kappa shape index (κ2) is 9.52. The third-order valence-electron chi connectivity index (χ3n) is 3.73. The van der Waals surface area contributed by atoms with E-state index in [0.717, 1.165) is 22.6 Å². The number of rotatable bonds is 5. The standard InChI is InChI=1S/C19H25N3O.HI/c1-13(2)16-6-5-7-17(11-16)22-19(20)21-12-15-9-8-14(3)18(10-15)23-4;/h5-11,13H,12H2,1-4H3,(H3,20,21,22);1H. The Bertz CT molecular complexity index is 699. The Balaban J connectivity index is 0.00000288. The van der Waals surface area contributed by atoms with E-state index in [0.29, 0.717) is 18.4 Å². The molecule has 0 amide bonds. The molecule has 0 spiro atoms. The van der Waals surface area contributed by atoms with Crippen LogP contribution in [0.4, 0.5) is 5.69 Å². The predicted octanol–water partition coefficient (Wildman–Crippen LogP) is 4.67. The first kappa shape index (κ1) is 20.3. The van der Waals surface area contributed by atoms with Crippen LogP contribution in [0.1, 0.15) is 36.5 Å². The van der Waals surface area contributed by atoms with Gasteiger partial charge in [-0.1, -0.05) is 38.1 Å². The van der Waals surface area contributed by atoms with E-state index in [2.05, 4.69) is 36.3 Å². The van der Waals surface area contributed by atoms with Crippen LogP contribution in [-0.4, -0.2) is 13.1 Å². The lowest BCUT2D eigenvalue weighted by Gasteiger charge is -2.10. The molecule has 0 aromatic heterocycles. The summed E-state index contributed by atoms with van der Waals surface area (Å²) in [6, 6.07) is 14.3. The number of hydrogen-bond donors (Lipinski definition) is 2. The number of benzene rings is 2. The van der Waals surface area contributed by atoms with Crippen molar-refractivity contribution in [2.45, 2.75) is 33.2 Å². The maximum atomic E-state index is 5.99. The summed E-state index contributed by atoms with van der Waals surface area (Å²) in [6.45, 7) is 6.87. The highest BCUT2D eigenvalue weighted by Crippen LogP contribution is 2.20. The Morgan fingerprint density at radius 3 is 2.62 bits per heavy atom. The second-order valence-electron chi connectivity index (χ2n) is 5.91. The van der Waals surface area contributed by atoms with Crippen molar-refractivity contribution in [3.63, 3.8) is 0 Å². The van der Waals surface area contributed by atoms with Gasteiger partial charge in [-0.15, -0.1) is 24.0 Å². The summed E-state index contributed by atoms with van der Waals surface area (Å²) in [5, 5.41) is 3.14. The van der Waals surface area contributed by atoms with Crippen LogP contribution in [0.15, 0.2) is 47.5 Å². The zero-order valence-electron chi connectivity index (χ0n) is 14.7. The van der Waals surface area contributed by atoms with E-state index in [4.69, 9.17) is 10.5 Å². The van der Waals surface area contributed by atoms with Gasteiger partial charge >= 0.3 is 0 Å². The summed E-state index contributed by atoms with van der Waals surface area (Å²) in [7, 11) is 1.67.